The third kappa shape index (κ3) is 7.22. The van der Waals surface area contributed by atoms with Crippen LogP contribution in [-0.4, -0.2) is 75.2 Å². The maximum Gasteiger partial charge on any atom is 0.241 e. The Labute approximate surface area is 173 Å². The maximum absolute atomic E-state index is 12.8. The standard InChI is InChI=1S/C20H31N3O5S/c1-23(2)19-7-3-6-18-17(19)5-4-8-20(18)29(24,25)22-10-12-27-14-16-28-15-13-26-11-9-21/h3-8,22H,9-16,21H2,1-2H3. The maximum atomic E-state index is 12.8. The van der Waals surface area contributed by atoms with E-state index < -0.39 is 10.0 Å². The van der Waals surface area contributed by atoms with E-state index in [9.17, 15) is 8.42 Å². The van der Waals surface area contributed by atoms with Crippen molar-refractivity contribution in [3.05, 3.63) is 36.4 Å². The van der Waals surface area contributed by atoms with Gasteiger partial charge in [0, 0.05) is 43.6 Å². The second kappa shape index (κ2) is 12.1. The van der Waals surface area contributed by atoms with Crippen LogP contribution in [0.25, 0.3) is 10.8 Å². The van der Waals surface area contributed by atoms with Crippen molar-refractivity contribution in [2.24, 2.45) is 5.73 Å². The topological polar surface area (TPSA) is 103 Å². The summed E-state index contributed by atoms with van der Waals surface area (Å²) in [6, 6.07) is 10.9. The molecule has 0 aliphatic heterocycles. The molecule has 0 saturated heterocycles. The van der Waals surface area contributed by atoms with Crippen molar-refractivity contribution in [3.63, 3.8) is 0 Å². The van der Waals surface area contributed by atoms with Crippen LogP contribution >= 0.6 is 0 Å². The molecule has 29 heavy (non-hydrogen) atoms. The molecule has 0 aromatic heterocycles. The molecular formula is C20H31N3O5S. The molecule has 0 bridgehead atoms. The molecule has 3 N–H and O–H groups in total. The van der Waals surface area contributed by atoms with Crippen LogP contribution in [0.3, 0.4) is 0 Å². The van der Waals surface area contributed by atoms with Crippen LogP contribution in [0.1, 0.15) is 0 Å². The molecule has 9 heteroatoms. The summed E-state index contributed by atoms with van der Waals surface area (Å²) in [5.41, 5.74) is 6.28. The van der Waals surface area contributed by atoms with Gasteiger partial charge in [-0.25, -0.2) is 13.1 Å². The van der Waals surface area contributed by atoms with Gasteiger partial charge < -0.3 is 24.8 Å². The first-order chi connectivity index (χ1) is 14.0. The van der Waals surface area contributed by atoms with E-state index in [0.717, 1.165) is 11.1 Å². The number of anilines is 1. The fourth-order valence-corrected chi connectivity index (χ4v) is 4.07. The molecule has 0 aliphatic rings. The van der Waals surface area contributed by atoms with Gasteiger partial charge >= 0.3 is 0 Å². The van der Waals surface area contributed by atoms with Crippen LogP contribution in [0.15, 0.2) is 41.3 Å². The largest absolute Gasteiger partial charge is 0.378 e. The monoisotopic (exact) mass is 425 g/mol. The van der Waals surface area contributed by atoms with E-state index in [1.54, 1.807) is 12.1 Å². The predicted molar refractivity (Wildman–Crippen MR) is 115 cm³/mol. The quantitative estimate of drug-likeness (QED) is 0.438. The highest BCUT2D eigenvalue weighted by molar-refractivity contribution is 7.89. The van der Waals surface area contributed by atoms with Crippen molar-refractivity contribution >= 4 is 26.5 Å². The zero-order valence-electron chi connectivity index (χ0n) is 17.1. The van der Waals surface area contributed by atoms with Crippen molar-refractivity contribution in [2.75, 3.05) is 71.7 Å². The summed E-state index contributed by atoms with van der Waals surface area (Å²) in [5, 5.41) is 1.58. The number of ether oxygens (including phenoxy) is 3. The van der Waals surface area contributed by atoms with E-state index in [0.29, 0.717) is 45.0 Å². The minimum absolute atomic E-state index is 0.186. The molecule has 0 unspecified atom stereocenters. The Hall–Kier alpha value is -1.75. The molecular weight excluding hydrogens is 394 g/mol. The zero-order valence-corrected chi connectivity index (χ0v) is 17.9. The van der Waals surface area contributed by atoms with E-state index in [4.69, 9.17) is 19.9 Å². The molecule has 0 radical (unpaired) electrons. The van der Waals surface area contributed by atoms with Crippen molar-refractivity contribution in [3.8, 4) is 0 Å². The van der Waals surface area contributed by atoms with Crippen LogP contribution in [0.4, 0.5) is 5.69 Å². The predicted octanol–water partition coefficient (Wildman–Crippen LogP) is 1.19. The number of fused-ring (bicyclic) bond motifs is 1. The van der Waals surface area contributed by atoms with E-state index in [2.05, 4.69) is 4.72 Å². The number of nitrogens with two attached hydrogens (primary N) is 1. The van der Waals surface area contributed by atoms with Gasteiger partial charge in [-0.2, -0.15) is 0 Å². The minimum Gasteiger partial charge on any atom is -0.378 e. The third-order valence-electron chi connectivity index (χ3n) is 4.18. The van der Waals surface area contributed by atoms with Gasteiger partial charge in [-0.15, -0.1) is 0 Å². The smallest absolute Gasteiger partial charge is 0.241 e. The summed E-state index contributed by atoms with van der Waals surface area (Å²) in [5.74, 6) is 0. The fraction of sp³-hybridized carbons (Fsp3) is 0.500. The lowest BCUT2D eigenvalue weighted by Gasteiger charge is -2.17. The van der Waals surface area contributed by atoms with Gasteiger partial charge in [0.1, 0.15) is 0 Å². The Bertz CT molecular complexity index is 858. The van der Waals surface area contributed by atoms with Crippen molar-refractivity contribution in [2.45, 2.75) is 4.90 Å². The molecule has 2 aromatic carbocycles. The summed E-state index contributed by atoms with van der Waals surface area (Å²) in [4.78, 5) is 2.23. The number of nitrogens with one attached hydrogen (secondary N) is 1. The molecule has 0 amide bonds. The van der Waals surface area contributed by atoms with Gasteiger partial charge in [-0.3, -0.25) is 0 Å². The highest BCUT2D eigenvalue weighted by Gasteiger charge is 2.17. The molecule has 0 fully saturated rings. The Morgan fingerprint density at radius 2 is 1.45 bits per heavy atom. The summed E-state index contributed by atoms with van der Waals surface area (Å²) in [6.45, 7) is 3.26. The van der Waals surface area contributed by atoms with Crippen LogP contribution in [0.5, 0.6) is 0 Å². The average molecular weight is 426 g/mol. The number of sulfonamides is 1. The van der Waals surface area contributed by atoms with Crippen LogP contribution < -0.4 is 15.4 Å². The average Bonchev–Trinajstić information content (AvgIpc) is 2.71. The molecule has 2 aromatic rings. The zero-order chi connectivity index (χ0) is 21.1. The van der Waals surface area contributed by atoms with E-state index in [-0.39, 0.29) is 18.0 Å². The fourth-order valence-electron chi connectivity index (χ4n) is 2.84. The number of hydrogen-bond donors (Lipinski definition) is 2. The van der Waals surface area contributed by atoms with Crippen molar-refractivity contribution in [1.29, 1.82) is 0 Å². The molecule has 2 rings (SSSR count). The molecule has 162 valence electrons. The Balaban J connectivity index is 1.81. The van der Waals surface area contributed by atoms with Crippen LogP contribution in [0.2, 0.25) is 0 Å². The van der Waals surface area contributed by atoms with E-state index >= 15 is 0 Å². The highest BCUT2D eigenvalue weighted by Crippen LogP contribution is 2.29. The number of rotatable bonds is 14. The first kappa shape index (κ1) is 23.5. The minimum atomic E-state index is -3.65. The number of hydrogen-bond acceptors (Lipinski definition) is 7. The Morgan fingerprint density at radius 3 is 2.10 bits per heavy atom. The SMILES string of the molecule is CN(C)c1cccc2c(S(=O)(=O)NCCOCCOCCOCCN)cccc12. The second-order valence-corrected chi connectivity index (χ2v) is 8.28. The molecule has 0 aliphatic carbocycles. The lowest BCUT2D eigenvalue weighted by atomic mass is 10.1. The summed E-state index contributed by atoms with van der Waals surface area (Å²) in [6.07, 6.45) is 0. The lowest BCUT2D eigenvalue weighted by Crippen LogP contribution is -2.28. The van der Waals surface area contributed by atoms with Gasteiger partial charge in [0.05, 0.1) is 44.5 Å². The Morgan fingerprint density at radius 1 is 0.862 bits per heavy atom. The lowest BCUT2D eigenvalue weighted by molar-refractivity contribution is 0.0171. The number of benzene rings is 2. The summed E-state index contributed by atoms with van der Waals surface area (Å²) < 4.78 is 44.1. The van der Waals surface area contributed by atoms with Crippen molar-refractivity contribution in [1.82, 2.24) is 4.72 Å². The van der Waals surface area contributed by atoms with E-state index in [1.165, 1.54) is 0 Å². The normalized spacial score (nSPS) is 11.8. The van der Waals surface area contributed by atoms with E-state index in [1.807, 2.05) is 43.3 Å². The summed E-state index contributed by atoms with van der Waals surface area (Å²) in [7, 11) is 0.220. The molecule has 0 heterocycles. The van der Waals surface area contributed by atoms with Crippen molar-refractivity contribution < 1.29 is 22.6 Å². The molecule has 0 spiro atoms. The van der Waals surface area contributed by atoms with Gasteiger partial charge in [-0.1, -0.05) is 24.3 Å². The summed E-state index contributed by atoms with van der Waals surface area (Å²) >= 11 is 0. The molecule has 0 atom stereocenters. The first-order valence-corrected chi connectivity index (χ1v) is 11.1. The number of nitrogens with zero attached hydrogens (tertiary/aromatic N) is 1. The van der Waals surface area contributed by atoms with Gasteiger partial charge in [0.15, 0.2) is 0 Å². The van der Waals surface area contributed by atoms with Gasteiger partial charge in [0.2, 0.25) is 10.0 Å². The van der Waals surface area contributed by atoms with Crippen LogP contribution in [-0.2, 0) is 24.2 Å². The van der Waals surface area contributed by atoms with Crippen LogP contribution in [0, 0.1) is 0 Å². The third-order valence-corrected chi connectivity index (χ3v) is 5.69. The highest BCUT2D eigenvalue weighted by atomic mass is 32.2. The second-order valence-electron chi connectivity index (χ2n) is 6.55. The first-order valence-electron chi connectivity index (χ1n) is 9.59. The Kier molecular flexibility index (Phi) is 9.79. The van der Waals surface area contributed by atoms with Gasteiger partial charge in [-0.05, 0) is 12.1 Å². The van der Waals surface area contributed by atoms with Gasteiger partial charge in [0.25, 0.3) is 0 Å². The molecule has 8 nitrogen and oxygen atoms in total. The molecule has 0 saturated carbocycles.